The fourth-order valence-electron chi connectivity index (χ4n) is 3.63. The van der Waals surface area contributed by atoms with Crippen molar-refractivity contribution in [1.82, 2.24) is 0 Å². The Morgan fingerprint density at radius 1 is 1.35 bits per heavy atom. The minimum absolute atomic E-state index is 0.187. The number of aliphatic hydroxyl groups is 2. The number of fused-ring (bicyclic) bond motifs is 1. The molecule has 0 aromatic rings. The summed E-state index contributed by atoms with van der Waals surface area (Å²) in [5.41, 5.74) is 3.22. The van der Waals surface area contributed by atoms with Crippen LogP contribution in [0.5, 0.6) is 0 Å². The Balaban J connectivity index is 2.40. The Labute approximate surface area is 104 Å². The van der Waals surface area contributed by atoms with Crippen molar-refractivity contribution in [3.05, 3.63) is 23.3 Å². The van der Waals surface area contributed by atoms with Gasteiger partial charge in [0, 0.05) is 5.41 Å². The summed E-state index contributed by atoms with van der Waals surface area (Å²) in [6.07, 6.45) is 2.68. The molecule has 96 valence electrons. The molecule has 2 aliphatic rings. The summed E-state index contributed by atoms with van der Waals surface area (Å²) in [5, 5.41) is 20.7. The summed E-state index contributed by atoms with van der Waals surface area (Å²) >= 11 is 0. The molecule has 2 saturated carbocycles. The normalized spacial score (nSPS) is 42.3. The molecule has 2 rings (SSSR count). The van der Waals surface area contributed by atoms with Gasteiger partial charge in [-0.25, -0.2) is 0 Å². The maximum Gasteiger partial charge on any atom is 0.102 e. The highest BCUT2D eigenvalue weighted by Gasteiger charge is 2.51. The maximum absolute atomic E-state index is 10.4. The molecule has 4 atom stereocenters. The average molecular weight is 236 g/mol. The van der Waals surface area contributed by atoms with Crippen LogP contribution in [0, 0.1) is 11.3 Å². The highest BCUT2D eigenvalue weighted by atomic mass is 16.3. The van der Waals surface area contributed by atoms with Crippen LogP contribution >= 0.6 is 0 Å². The Morgan fingerprint density at radius 3 is 2.59 bits per heavy atom. The molecule has 17 heavy (non-hydrogen) atoms. The molecule has 2 fully saturated rings. The second-order valence-corrected chi connectivity index (χ2v) is 6.19. The topological polar surface area (TPSA) is 40.5 Å². The molecule has 2 nitrogen and oxygen atoms in total. The first kappa shape index (κ1) is 12.8. The van der Waals surface area contributed by atoms with E-state index in [2.05, 4.69) is 13.5 Å². The van der Waals surface area contributed by atoms with Crippen LogP contribution in [0.2, 0.25) is 0 Å². The molecular weight excluding hydrogens is 212 g/mol. The molecule has 0 radical (unpaired) electrons. The summed E-state index contributed by atoms with van der Waals surface area (Å²) in [6.45, 7) is 10.3. The molecular formula is C15H24O2. The van der Waals surface area contributed by atoms with Crippen LogP contribution in [0.15, 0.2) is 23.3 Å². The summed E-state index contributed by atoms with van der Waals surface area (Å²) in [5.74, 6) is 0.333. The van der Waals surface area contributed by atoms with E-state index in [4.69, 9.17) is 0 Å². The van der Waals surface area contributed by atoms with Gasteiger partial charge in [-0.15, -0.1) is 0 Å². The summed E-state index contributed by atoms with van der Waals surface area (Å²) < 4.78 is 0. The lowest BCUT2D eigenvalue weighted by atomic mass is 9.55. The van der Waals surface area contributed by atoms with Crippen molar-refractivity contribution >= 4 is 0 Å². The highest BCUT2D eigenvalue weighted by Crippen LogP contribution is 2.53. The SMILES string of the molecule is C=C1CCC[C@@]2(C)[C@H]1CC(=C(C)C)[C@H](O)[C@@H]2O. The van der Waals surface area contributed by atoms with Crippen molar-refractivity contribution in [2.75, 3.05) is 0 Å². The van der Waals surface area contributed by atoms with Crippen molar-refractivity contribution in [3.63, 3.8) is 0 Å². The molecule has 0 unspecified atom stereocenters. The molecule has 0 aromatic heterocycles. The van der Waals surface area contributed by atoms with E-state index in [1.54, 1.807) is 0 Å². The molecule has 2 N–H and O–H groups in total. The number of allylic oxidation sites excluding steroid dienone is 2. The first-order valence-electron chi connectivity index (χ1n) is 6.58. The molecule has 0 spiro atoms. The predicted octanol–water partition coefficient (Wildman–Crippen LogP) is 2.81. The first-order chi connectivity index (χ1) is 7.88. The molecule has 0 amide bonds. The van der Waals surface area contributed by atoms with Crippen LogP contribution in [0.1, 0.15) is 46.5 Å². The van der Waals surface area contributed by atoms with E-state index in [1.165, 1.54) is 5.57 Å². The van der Waals surface area contributed by atoms with Gasteiger partial charge in [0.15, 0.2) is 0 Å². The average Bonchev–Trinajstić information content (AvgIpc) is 2.25. The van der Waals surface area contributed by atoms with Crippen LogP contribution < -0.4 is 0 Å². The Bertz CT molecular complexity index is 365. The molecule has 0 saturated heterocycles. The van der Waals surface area contributed by atoms with Crippen molar-refractivity contribution in [3.8, 4) is 0 Å². The van der Waals surface area contributed by atoms with E-state index < -0.39 is 12.2 Å². The lowest BCUT2D eigenvalue weighted by Crippen LogP contribution is -2.53. The van der Waals surface area contributed by atoms with Crippen LogP contribution in [-0.4, -0.2) is 22.4 Å². The Kier molecular flexibility index (Phi) is 3.21. The van der Waals surface area contributed by atoms with Gasteiger partial charge in [0.25, 0.3) is 0 Å². The molecule has 2 aliphatic carbocycles. The lowest BCUT2D eigenvalue weighted by molar-refractivity contribution is -0.0956. The minimum atomic E-state index is -0.688. The third-order valence-corrected chi connectivity index (χ3v) is 4.90. The monoisotopic (exact) mass is 236 g/mol. The van der Waals surface area contributed by atoms with Gasteiger partial charge in [-0.2, -0.15) is 0 Å². The smallest absolute Gasteiger partial charge is 0.102 e. The number of aliphatic hydroxyl groups excluding tert-OH is 2. The zero-order valence-corrected chi connectivity index (χ0v) is 11.2. The van der Waals surface area contributed by atoms with E-state index >= 15 is 0 Å². The fraction of sp³-hybridized carbons (Fsp3) is 0.733. The van der Waals surface area contributed by atoms with Gasteiger partial charge in [-0.3, -0.25) is 0 Å². The van der Waals surface area contributed by atoms with E-state index in [0.29, 0.717) is 5.92 Å². The van der Waals surface area contributed by atoms with Crippen molar-refractivity contribution < 1.29 is 10.2 Å². The Morgan fingerprint density at radius 2 is 2.00 bits per heavy atom. The zero-order chi connectivity index (χ0) is 12.8. The van der Waals surface area contributed by atoms with E-state index in [1.807, 2.05) is 13.8 Å². The molecule has 0 heterocycles. The van der Waals surface area contributed by atoms with Gasteiger partial charge in [0.1, 0.15) is 6.10 Å². The van der Waals surface area contributed by atoms with Crippen molar-refractivity contribution in [2.45, 2.75) is 58.7 Å². The fourth-order valence-corrected chi connectivity index (χ4v) is 3.63. The Hall–Kier alpha value is -0.600. The van der Waals surface area contributed by atoms with Gasteiger partial charge in [0.2, 0.25) is 0 Å². The molecule has 2 heteroatoms. The second-order valence-electron chi connectivity index (χ2n) is 6.19. The third-order valence-electron chi connectivity index (χ3n) is 4.90. The minimum Gasteiger partial charge on any atom is -0.389 e. The van der Waals surface area contributed by atoms with Crippen molar-refractivity contribution in [2.24, 2.45) is 11.3 Å². The molecule has 0 aromatic carbocycles. The predicted molar refractivity (Wildman–Crippen MR) is 69.6 cm³/mol. The standard InChI is InChI=1S/C15H24O2/c1-9(2)11-8-12-10(3)6-5-7-15(12,4)14(17)13(11)16/h12-14,16-17H,3,5-8H2,1-2,4H3/t12-,13-,14-,15-/m0/s1. The summed E-state index contributed by atoms with van der Waals surface area (Å²) in [4.78, 5) is 0. The quantitative estimate of drug-likeness (QED) is 0.635. The van der Waals surface area contributed by atoms with E-state index in [0.717, 1.165) is 36.8 Å². The second kappa shape index (κ2) is 4.25. The van der Waals surface area contributed by atoms with E-state index in [-0.39, 0.29) is 5.41 Å². The largest absolute Gasteiger partial charge is 0.389 e. The van der Waals surface area contributed by atoms with Gasteiger partial charge in [-0.1, -0.05) is 24.6 Å². The van der Waals surface area contributed by atoms with Crippen molar-refractivity contribution in [1.29, 1.82) is 0 Å². The van der Waals surface area contributed by atoms with Gasteiger partial charge < -0.3 is 10.2 Å². The third kappa shape index (κ3) is 1.88. The van der Waals surface area contributed by atoms with Crippen LogP contribution in [0.3, 0.4) is 0 Å². The molecule has 0 aliphatic heterocycles. The lowest BCUT2D eigenvalue weighted by Gasteiger charge is -2.52. The number of hydrogen-bond acceptors (Lipinski definition) is 2. The van der Waals surface area contributed by atoms with Crippen LogP contribution in [0.25, 0.3) is 0 Å². The van der Waals surface area contributed by atoms with Gasteiger partial charge >= 0.3 is 0 Å². The zero-order valence-electron chi connectivity index (χ0n) is 11.2. The maximum atomic E-state index is 10.4. The van der Waals surface area contributed by atoms with Gasteiger partial charge in [0.05, 0.1) is 6.10 Å². The number of hydrogen-bond donors (Lipinski definition) is 2. The summed E-state index contributed by atoms with van der Waals surface area (Å²) in [6, 6.07) is 0. The van der Waals surface area contributed by atoms with E-state index in [9.17, 15) is 10.2 Å². The summed E-state index contributed by atoms with van der Waals surface area (Å²) in [7, 11) is 0. The number of rotatable bonds is 0. The van der Waals surface area contributed by atoms with Crippen LogP contribution in [-0.2, 0) is 0 Å². The highest BCUT2D eigenvalue weighted by molar-refractivity contribution is 5.28. The first-order valence-corrected chi connectivity index (χ1v) is 6.58. The van der Waals surface area contributed by atoms with Gasteiger partial charge in [-0.05, 0) is 51.0 Å². The van der Waals surface area contributed by atoms with Crippen LogP contribution in [0.4, 0.5) is 0 Å². The molecule has 0 bridgehead atoms.